The average molecular weight is 412 g/mol. The fourth-order valence-electron chi connectivity index (χ4n) is 2.72. The molecule has 2 heterocycles. The zero-order valence-corrected chi connectivity index (χ0v) is 15.6. The van der Waals surface area contributed by atoms with E-state index in [1.165, 1.54) is 10.9 Å². The molecule has 1 fully saturated rings. The lowest BCUT2D eigenvalue weighted by Crippen LogP contribution is -2.48. The number of rotatable bonds is 5. The molecule has 1 saturated heterocycles. The minimum Gasteiger partial charge on any atom is -0.322 e. The molecule has 1 amide bonds. The van der Waals surface area contributed by atoms with Gasteiger partial charge < -0.3 is 5.32 Å². The van der Waals surface area contributed by atoms with Crippen molar-refractivity contribution in [3.63, 3.8) is 0 Å². The van der Waals surface area contributed by atoms with Crippen LogP contribution in [0.15, 0.2) is 40.2 Å². The van der Waals surface area contributed by atoms with Crippen LogP contribution in [-0.2, 0) is 11.3 Å². The molecule has 0 saturated carbocycles. The molecule has 24 heavy (non-hydrogen) atoms. The number of carbonyl (C=O) groups excluding carboxylic acids is 1. The second-order valence-corrected chi connectivity index (χ2v) is 8.33. The van der Waals surface area contributed by atoms with Crippen molar-refractivity contribution >= 4 is 38.9 Å². The quantitative estimate of drug-likeness (QED) is 0.818. The monoisotopic (exact) mass is 411 g/mol. The lowest BCUT2D eigenvalue weighted by Gasteiger charge is -2.34. The number of para-hydroxylation sites is 1. The van der Waals surface area contributed by atoms with Crippen molar-refractivity contribution in [2.24, 2.45) is 0 Å². The minimum atomic E-state index is -0.405. The highest BCUT2D eigenvalue weighted by Gasteiger charge is 2.19. The van der Waals surface area contributed by atoms with Gasteiger partial charge in [0.2, 0.25) is 5.91 Å². The van der Waals surface area contributed by atoms with E-state index in [1.807, 2.05) is 0 Å². The Bertz CT molecular complexity index is 701. The van der Waals surface area contributed by atoms with Gasteiger partial charge in [0.25, 0.3) is 0 Å². The Kier molecular flexibility index (Phi) is 5.99. The van der Waals surface area contributed by atoms with Gasteiger partial charge in [0.05, 0.1) is 16.0 Å². The zero-order valence-electron chi connectivity index (χ0n) is 13.2. The number of hydrogen-bond donors (Lipinski definition) is 1. The van der Waals surface area contributed by atoms with E-state index in [-0.39, 0.29) is 11.6 Å². The molecule has 0 aliphatic carbocycles. The first-order chi connectivity index (χ1) is 11.6. The van der Waals surface area contributed by atoms with E-state index in [9.17, 15) is 9.18 Å². The Morgan fingerprint density at radius 3 is 2.50 bits per heavy atom. The molecule has 1 aliphatic rings. The topological polar surface area (TPSA) is 35.6 Å². The summed E-state index contributed by atoms with van der Waals surface area (Å²) in [7, 11) is 0. The number of piperazine rings is 1. The van der Waals surface area contributed by atoms with Gasteiger partial charge >= 0.3 is 0 Å². The molecule has 0 spiro atoms. The second-order valence-electron chi connectivity index (χ2n) is 5.79. The number of amides is 1. The van der Waals surface area contributed by atoms with Crippen LogP contribution in [0.2, 0.25) is 0 Å². The maximum absolute atomic E-state index is 13.6. The van der Waals surface area contributed by atoms with Crippen molar-refractivity contribution in [2.45, 2.75) is 6.54 Å². The maximum Gasteiger partial charge on any atom is 0.238 e. The Balaban J connectivity index is 1.43. The number of carbonyl (C=O) groups is 1. The fourth-order valence-corrected chi connectivity index (χ4v) is 4.24. The summed E-state index contributed by atoms with van der Waals surface area (Å²) in [4.78, 5) is 17.9. The summed E-state index contributed by atoms with van der Waals surface area (Å²) >= 11 is 5.24. The predicted molar refractivity (Wildman–Crippen MR) is 98.8 cm³/mol. The van der Waals surface area contributed by atoms with Crippen LogP contribution in [0.25, 0.3) is 0 Å². The third kappa shape index (κ3) is 4.86. The van der Waals surface area contributed by atoms with Gasteiger partial charge in [0.1, 0.15) is 5.82 Å². The smallest absolute Gasteiger partial charge is 0.238 e. The highest BCUT2D eigenvalue weighted by molar-refractivity contribution is 9.11. The van der Waals surface area contributed by atoms with Crippen LogP contribution in [0.3, 0.4) is 0 Å². The number of benzene rings is 1. The van der Waals surface area contributed by atoms with Crippen LogP contribution in [0.1, 0.15) is 4.88 Å². The van der Waals surface area contributed by atoms with E-state index in [0.717, 1.165) is 36.5 Å². The van der Waals surface area contributed by atoms with E-state index in [0.29, 0.717) is 6.54 Å². The Hall–Kier alpha value is -1.28. The molecule has 1 aliphatic heterocycles. The van der Waals surface area contributed by atoms with Crippen molar-refractivity contribution < 1.29 is 9.18 Å². The van der Waals surface area contributed by atoms with Gasteiger partial charge in [-0.25, -0.2) is 4.39 Å². The summed E-state index contributed by atoms with van der Waals surface area (Å²) < 4.78 is 14.7. The zero-order chi connectivity index (χ0) is 16.9. The predicted octanol–water partition coefficient (Wildman–Crippen LogP) is 3.41. The summed E-state index contributed by atoms with van der Waals surface area (Å²) in [6.07, 6.45) is 0. The molecule has 0 atom stereocenters. The first kappa shape index (κ1) is 17.5. The minimum absolute atomic E-state index is 0.171. The number of hydrogen-bond acceptors (Lipinski definition) is 4. The molecular weight excluding hydrogens is 393 g/mol. The number of anilines is 1. The molecule has 0 bridgehead atoms. The lowest BCUT2D eigenvalue weighted by atomic mass is 10.3. The van der Waals surface area contributed by atoms with Gasteiger partial charge in [0.15, 0.2) is 0 Å². The van der Waals surface area contributed by atoms with Gasteiger partial charge in [-0.3, -0.25) is 14.6 Å². The molecule has 3 rings (SSSR count). The molecule has 1 aromatic heterocycles. The Morgan fingerprint density at radius 2 is 1.83 bits per heavy atom. The van der Waals surface area contributed by atoms with Crippen LogP contribution < -0.4 is 5.32 Å². The summed E-state index contributed by atoms with van der Waals surface area (Å²) in [5.74, 6) is -0.575. The standard InChI is InChI=1S/C17H19BrFN3OS/c18-16-6-5-13(24-16)11-21-7-9-22(10-8-21)12-17(23)20-15-4-2-1-3-14(15)19/h1-6H,7-12H2,(H,20,23). The van der Waals surface area contributed by atoms with Crippen LogP contribution in [0.4, 0.5) is 10.1 Å². The molecule has 0 radical (unpaired) electrons. The van der Waals surface area contributed by atoms with Crippen molar-refractivity contribution in [3.05, 3.63) is 50.9 Å². The summed E-state index contributed by atoms with van der Waals surface area (Å²) in [6.45, 7) is 4.80. The highest BCUT2D eigenvalue weighted by atomic mass is 79.9. The molecule has 1 aromatic carbocycles. The van der Waals surface area contributed by atoms with E-state index in [2.05, 4.69) is 43.2 Å². The molecule has 128 valence electrons. The third-order valence-electron chi connectivity index (χ3n) is 3.99. The number of halogens is 2. The van der Waals surface area contributed by atoms with Crippen LogP contribution in [-0.4, -0.2) is 48.4 Å². The van der Waals surface area contributed by atoms with Gasteiger partial charge in [-0.15, -0.1) is 11.3 Å². The summed E-state index contributed by atoms with van der Waals surface area (Å²) in [5, 5.41) is 2.64. The van der Waals surface area contributed by atoms with E-state index in [1.54, 1.807) is 29.5 Å². The molecule has 2 aromatic rings. The second kappa shape index (κ2) is 8.20. The van der Waals surface area contributed by atoms with Crippen LogP contribution >= 0.6 is 27.3 Å². The average Bonchev–Trinajstić information content (AvgIpc) is 2.96. The van der Waals surface area contributed by atoms with Gasteiger partial charge in [0, 0.05) is 37.6 Å². The number of thiophene rings is 1. The molecule has 1 N–H and O–H groups in total. The molecule has 7 heteroatoms. The van der Waals surface area contributed by atoms with Crippen LogP contribution in [0, 0.1) is 5.82 Å². The van der Waals surface area contributed by atoms with Gasteiger partial charge in [-0.1, -0.05) is 12.1 Å². The van der Waals surface area contributed by atoms with E-state index >= 15 is 0 Å². The van der Waals surface area contributed by atoms with Crippen molar-refractivity contribution in [1.82, 2.24) is 9.80 Å². The van der Waals surface area contributed by atoms with E-state index in [4.69, 9.17) is 0 Å². The van der Waals surface area contributed by atoms with Crippen molar-refractivity contribution in [3.8, 4) is 0 Å². The summed E-state index contributed by atoms with van der Waals surface area (Å²) in [6, 6.07) is 10.4. The Labute approximate surface area is 153 Å². The first-order valence-electron chi connectivity index (χ1n) is 7.83. The molecule has 0 unspecified atom stereocenters. The van der Waals surface area contributed by atoms with Crippen molar-refractivity contribution in [2.75, 3.05) is 38.0 Å². The van der Waals surface area contributed by atoms with E-state index < -0.39 is 5.82 Å². The third-order valence-corrected chi connectivity index (χ3v) is 5.60. The van der Waals surface area contributed by atoms with Crippen LogP contribution in [0.5, 0.6) is 0 Å². The summed E-state index contributed by atoms with van der Waals surface area (Å²) in [5.41, 5.74) is 0.240. The normalized spacial score (nSPS) is 16.2. The maximum atomic E-state index is 13.6. The van der Waals surface area contributed by atoms with Gasteiger partial charge in [-0.2, -0.15) is 0 Å². The van der Waals surface area contributed by atoms with Crippen molar-refractivity contribution in [1.29, 1.82) is 0 Å². The number of nitrogens with one attached hydrogen (secondary N) is 1. The lowest BCUT2D eigenvalue weighted by molar-refractivity contribution is -0.117. The first-order valence-corrected chi connectivity index (χ1v) is 9.44. The molecule has 4 nitrogen and oxygen atoms in total. The SMILES string of the molecule is O=C(CN1CCN(Cc2ccc(Br)s2)CC1)Nc1ccccc1F. The Morgan fingerprint density at radius 1 is 1.12 bits per heavy atom. The largest absolute Gasteiger partial charge is 0.322 e. The molecular formula is C17H19BrFN3OS. The fraction of sp³-hybridized carbons (Fsp3) is 0.353. The van der Waals surface area contributed by atoms with Gasteiger partial charge in [-0.05, 0) is 40.2 Å². The highest BCUT2D eigenvalue weighted by Crippen LogP contribution is 2.23. The number of nitrogens with zero attached hydrogens (tertiary/aromatic N) is 2.